The second kappa shape index (κ2) is 7.91. The van der Waals surface area contributed by atoms with Gasteiger partial charge in [-0.3, -0.25) is 4.79 Å². The topological polar surface area (TPSA) is 63.2 Å². The Balaban J connectivity index is 1.57. The third-order valence-electron chi connectivity index (χ3n) is 4.99. The minimum atomic E-state index is -2.88. The number of sulfone groups is 1. The Hall–Kier alpha value is -1.01. The van der Waals surface area contributed by atoms with Gasteiger partial charge in [-0.1, -0.05) is 43.2 Å². The minimum Gasteiger partial charge on any atom is -0.348 e. The van der Waals surface area contributed by atoms with Crippen LogP contribution in [0.5, 0.6) is 0 Å². The van der Waals surface area contributed by atoms with E-state index in [9.17, 15) is 13.2 Å². The summed E-state index contributed by atoms with van der Waals surface area (Å²) in [5, 5.41) is 3.28. The first kappa shape index (κ1) is 17.8. The molecule has 1 aromatic carbocycles. The average molecular weight is 368 g/mol. The largest absolute Gasteiger partial charge is 0.348 e. The highest BCUT2D eigenvalue weighted by Crippen LogP contribution is 2.35. The van der Waals surface area contributed by atoms with Crippen LogP contribution in [-0.4, -0.2) is 36.8 Å². The van der Waals surface area contributed by atoms with Crippen LogP contribution in [0.3, 0.4) is 0 Å². The molecule has 1 aliphatic heterocycles. The highest BCUT2D eigenvalue weighted by Gasteiger charge is 2.30. The fraction of sp³-hybridized carbons (Fsp3) is 0.611. The molecule has 1 saturated carbocycles. The van der Waals surface area contributed by atoms with E-state index in [2.05, 4.69) is 17.4 Å². The Kier molecular flexibility index (Phi) is 5.87. The van der Waals surface area contributed by atoms with Crippen molar-refractivity contribution in [1.29, 1.82) is 0 Å². The second-order valence-corrected chi connectivity index (χ2v) is 10.4. The number of benzene rings is 1. The molecule has 1 saturated heterocycles. The van der Waals surface area contributed by atoms with E-state index in [-0.39, 0.29) is 28.7 Å². The van der Waals surface area contributed by atoms with Crippen LogP contribution in [0.15, 0.2) is 30.3 Å². The summed E-state index contributed by atoms with van der Waals surface area (Å²) in [6.07, 6.45) is 5.46. The minimum absolute atomic E-state index is 0.0186. The first-order valence-corrected chi connectivity index (χ1v) is 11.6. The molecule has 24 heavy (non-hydrogen) atoms. The van der Waals surface area contributed by atoms with Crippen LogP contribution in [0.25, 0.3) is 0 Å². The molecule has 2 fully saturated rings. The number of amides is 1. The fourth-order valence-corrected chi connectivity index (χ4v) is 7.18. The van der Waals surface area contributed by atoms with Crippen LogP contribution in [0.1, 0.15) is 43.7 Å². The molecule has 0 unspecified atom stereocenters. The van der Waals surface area contributed by atoms with E-state index in [0.29, 0.717) is 18.1 Å². The van der Waals surface area contributed by atoms with Gasteiger partial charge in [0.1, 0.15) is 0 Å². The molecule has 2 aliphatic rings. The highest BCUT2D eigenvalue weighted by atomic mass is 32.2. The summed E-state index contributed by atoms with van der Waals surface area (Å²) in [6, 6.07) is 10.3. The van der Waals surface area contributed by atoms with Crippen molar-refractivity contribution in [3.05, 3.63) is 35.9 Å². The van der Waals surface area contributed by atoms with Gasteiger partial charge in [-0.05, 0) is 30.7 Å². The molecule has 1 amide bonds. The Labute approximate surface area is 148 Å². The summed E-state index contributed by atoms with van der Waals surface area (Å²) in [6.45, 7) is 0. The van der Waals surface area contributed by atoms with Crippen LogP contribution < -0.4 is 5.32 Å². The standard InChI is InChI=1S/C18H25NO3S2/c20-17(12-23-16-10-11-24(21,22)13-16)19-18(15-8-4-5-9-15)14-6-2-1-3-7-14/h1-3,6-7,15-16,18H,4-5,8-13H2,(H,19,20)/t16-,18+/m1/s1. The second-order valence-electron chi connectivity index (χ2n) is 6.84. The Morgan fingerprint density at radius 1 is 1.17 bits per heavy atom. The SMILES string of the molecule is O=C(CS[C@@H]1CCS(=O)(=O)C1)N[C@@H](c1ccccc1)C1CCCC1. The molecule has 1 aromatic rings. The maximum atomic E-state index is 12.4. The van der Waals surface area contributed by atoms with Crippen molar-refractivity contribution < 1.29 is 13.2 Å². The van der Waals surface area contributed by atoms with E-state index in [1.54, 1.807) is 0 Å². The summed E-state index contributed by atoms with van der Waals surface area (Å²) < 4.78 is 23.0. The van der Waals surface area contributed by atoms with Gasteiger partial charge in [0.15, 0.2) is 9.84 Å². The van der Waals surface area contributed by atoms with Crippen molar-refractivity contribution in [2.45, 2.75) is 43.4 Å². The van der Waals surface area contributed by atoms with Crippen molar-refractivity contribution >= 4 is 27.5 Å². The molecule has 3 rings (SSSR count). The monoisotopic (exact) mass is 367 g/mol. The normalized spacial score (nSPS) is 24.8. The van der Waals surface area contributed by atoms with Gasteiger partial charge in [-0.15, -0.1) is 11.8 Å². The lowest BCUT2D eigenvalue weighted by Gasteiger charge is -2.25. The number of nitrogens with one attached hydrogen (secondary N) is 1. The maximum Gasteiger partial charge on any atom is 0.230 e. The molecule has 1 N–H and O–H groups in total. The lowest BCUT2D eigenvalue weighted by molar-refractivity contribution is -0.119. The lowest BCUT2D eigenvalue weighted by atomic mass is 9.91. The molecule has 0 radical (unpaired) electrons. The van der Waals surface area contributed by atoms with Gasteiger partial charge < -0.3 is 5.32 Å². The van der Waals surface area contributed by atoms with Crippen molar-refractivity contribution in [3.8, 4) is 0 Å². The molecule has 0 spiro atoms. The van der Waals surface area contributed by atoms with E-state index < -0.39 is 9.84 Å². The van der Waals surface area contributed by atoms with Gasteiger partial charge in [0.25, 0.3) is 0 Å². The molecule has 0 bridgehead atoms. The van der Waals surface area contributed by atoms with Crippen LogP contribution in [0.2, 0.25) is 0 Å². The smallest absolute Gasteiger partial charge is 0.230 e. The van der Waals surface area contributed by atoms with E-state index in [4.69, 9.17) is 0 Å². The van der Waals surface area contributed by atoms with Crippen molar-refractivity contribution in [2.24, 2.45) is 5.92 Å². The average Bonchev–Trinajstić information content (AvgIpc) is 3.21. The lowest BCUT2D eigenvalue weighted by Crippen LogP contribution is -2.34. The molecule has 4 nitrogen and oxygen atoms in total. The Morgan fingerprint density at radius 2 is 1.88 bits per heavy atom. The number of hydrogen-bond acceptors (Lipinski definition) is 4. The Morgan fingerprint density at radius 3 is 2.50 bits per heavy atom. The summed E-state index contributed by atoms with van der Waals surface area (Å²) in [4.78, 5) is 12.4. The fourth-order valence-electron chi connectivity index (χ4n) is 3.73. The predicted molar refractivity (Wildman–Crippen MR) is 98.8 cm³/mol. The molecule has 0 aromatic heterocycles. The van der Waals surface area contributed by atoms with Crippen molar-refractivity contribution in [3.63, 3.8) is 0 Å². The predicted octanol–water partition coefficient (Wildman–Crippen LogP) is 2.95. The maximum absolute atomic E-state index is 12.4. The van der Waals surface area contributed by atoms with Gasteiger partial charge in [0.05, 0.1) is 23.3 Å². The number of thioether (sulfide) groups is 1. The highest BCUT2D eigenvalue weighted by molar-refractivity contribution is 8.02. The van der Waals surface area contributed by atoms with Gasteiger partial charge in [-0.25, -0.2) is 8.42 Å². The zero-order valence-corrected chi connectivity index (χ0v) is 15.4. The van der Waals surface area contributed by atoms with E-state index >= 15 is 0 Å². The number of hydrogen-bond donors (Lipinski definition) is 1. The summed E-state index contributed by atoms with van der Waals surface area (Å²) >= 11 is 1.48. The third-order valence-corrected chi connectivity index (χ3v) is 8.27. The third kappa shape index (κ3) is 4.76. The van der Waals surface area contributed by atoms with Gasteiger partial charge >= 0.3 is 0 Å². The van der Waals surface area contributed by atoms with Gasteiger partial charge in [0, 0.05) is 5.25 Å². The van der Waals surface area contributed by atoms with E-state index in [1.807, 2.05) is 18.2 Å². The summed E-state index contributed by atoms with van der Waals surface area (Å²) in [5.41, 5.74) is 1.17. The Bertz CT molecular complexity index is 654. The molecular weight excluding hydrogens is 342 g/mol. The van der Waals surface area contributed by atoms with Gasteiger partial charge in [0.2, 0.25) is 5.91 Å². The van der Waals surface area contributed by atoms with E-state index in [0.717, 1.165) is 12.8 Å². The molecule has 132 valence electrons. The van der Waals surface area contributed by atoms with Crippen molar-refractivity contribution in [2.75, 3.05) is 17.3 Å². The summed E-state index contributed by atoms with van der Waals surface area (Å²) in [7, 11) is -2.88. The first-order chi connectivity index (χ1) is 11.5. The van der Waals surface area contributed by atoms with Crippen LogP contribution >= 0.6 is 11.8 Å². The zero-order chi connectivity index (χ0) is 17.0. The van der Waals surface area contributed by atoms with Crippen molar-refractivity contribution in [1.82, 2.24) is 5.32 Å². The molecular formula is C18H25NO3S2. The number of rotatable bonds is 6. The zero-order valence-electron chi connectivity index (χ0n) is 13.8. The van der Waals surface area contributed by atoms with Gasteiger partial charge in [-0.2, -0.15) is 0 Å². The first-order valence-electron chi connectivity index (χ1n) is 8.70. The number of carbonyl (C=O) groups is 1. The van der Waals surface area contributed by atoms with Crippen LogP contribution in [0, 0.1) is 5.92 Å². The van der Waals surface area contributed by atoms with E-state index in [1.165, 1.54) is 30.2 Å². The molecule has 1 heterocycles. The van der Waals surface area contributed by atoms with Crippen LogP contribution in [0.4, 0.5) is 0 Å². The molecule has 2 atom stereocenters. The quantitative estimate of drug-likeness (QED) is 0.840. The molecule has 6 heteroatoms. The molecule has 1 aliphatic carbocycles. The summed E-state index contributed by atoms with van der Waals surface area (Å²) in [5.74, 6) is 1.35. The number of carbonyl (C=O) groups excluding carboxylic acids is 1. The van der Waals surface area contributed by atoms with Crippen LogP contribution in [-0.2, 0) is 14.6 Å².